The lowest BCUT2D eigenvalue weighted by Gasteiger charge is -1.93. The maximum absolute atomic E-state index is 5.90. The van der Waals surface area contributed by atoms with Crippen LogP contribution in [-0.4, -0.2) is 0 Å². The Morgan fingerprint density at radius 3 is 1.50 bits per heavy atom. The summed E-state index contributed by atoms with van der Waals surface area (Å²) >= 11 is 11.8. The molecule has 2 aromatic rings. The van der Waals surface area contributed by atoms with E-state index in [2.05, 4.69) is 0 Å². The summed E-state index contributed by atoms with van der Waals surface area (Å²) in [7, 11) is 0. The summed E-state index contributed by atoms with van der Waals surface area (Å²) in [5.41, 5.74) is 2.16. The third-order valence-corrected chi connectivity index (χ3v) is 2.86. The summed E-state index contributed by atoms with van der Waals surface area (Å²) in [6.45, 7) is 0. The molecular formula is C16H12Cl2. The lowest BCUT2D eigenvalue weighted by Crippen LogP contribution is -1.71. The van der Waals surface area contributed by atoms with Crippen molar-refractivity contribution >= 4 is 35.4 Å². The standard InChI is InChI=1S/C16H12Cl2/c17-15-9-3-7-13(11-15)5-1-2-6-14-8-4-10-16(18)12-14/h1-12H/b5-1-,6-2-. The second kappa shape index (κ2) is 6.44. The van der Waals surface area contributed by atoms with Crippen LogP contribution in [0.15, 0.2) is 60.7 Å². The van der Waals surface area contributed by atoms with E-state index in [9.17, 15) is 0 Å². The van der Waals surface area contributed by atoms with Crippen molar-refractivity contribution < 1.29 is 0 Å². The van der Waals surface area contributed by atoms with E-state index in [1.165, 1.54) is 0 Å². The zero-order valence-electron chi connectivity index (χ0n) is 9.68. The highest BCUT2D eigenvalue weighted by Crippen LogP contribution is 2.13. The number of halogens is 2. The summed E-state index contributed by atoms with van der Waals surface area (Å²) < 4.78 is 0. The Morgan fingerprint density at radius 2 is 1.11 bits per heavy atom. The van der Waals surface area contributed by atoms with E-state index in [0.29, 0.717) is 0 Å². The molecule has 0 amide bonds. The van der Waals surface area contributed by atoms with E-state index < -0.39 is 0 Å². The normalized spacial score (nSPS) is 11.4. The van der Waals surface area contributed by atoms with Gasteiger partial charge in [-0.15, -0.1) is 0 Å². The van der Waals surface area contributed by atoms with Crippen molar-refractivity contribution in [2.45, 2.75) is 0 Å². The smallest absolute Gasteiger partial charge is 0.0411 e. The largest absolute Gasteiger partial charge is 0.0843 e. The van der Waals surface area contributed by atoms with Crippen LogP contribution in [0.5, 0.6) is 0 Å². The molecule has 2 rings (SSSR count). The molecule has 0 radical (unpaired) electrons. The predicted octanol–water partition coefficient (Wildman–Crippen LogP) is 5.72. The van der Waals surface area contributed by atoms with Crippen molar-refractivity contribution in [2.24, 2.45) is 0 Å². The van der Waals surface area contributed by atoms with Crippen molar-refractivity contribution in [3.63, 3.8) is 0 Å². The number of rotatable bonds is 3. The predicted molar refractivity (Wildman–Crippen MR) is 81.0 cm³/mol. The van der Waals surface area contributed by atoms with Gasteiger partial charge in [-0.2, -0.15) is 0 Å². The van der Waals surface area contributed by atoms with Crippen LogP contribution >= 0.6 is 23.2 Å². The van der Waals surface area contributed by atoms with E-state index >= 15 is 0 Å². The van der Waals surface area contributed by atoms with Gasteiger partial charge < -0.3 is 0 Å². The monoisotopic (exact) mass is 274 g/mol. The zero-order valence-corrected chi connectivity index (χ0v) is 11.2. The molecule has 0 spiro atoms. The van der Waals surface area contributed by atoms with Crippen molar-refractivity contribution in [1.82, 2.24) is 0 Å². The van der Waals surface area contributed by atoms with Crippen LogP contribution in [0.2, 0.25) is 10.0 Å². The second-order valence-electron chi connectivity index (χ2n) is 3.83. The molecule has 0 unspecified atom stereocenters. The zero-order chi connectivity index (χ0) is 12.8. The molecular weight excluding hydrogens is 263 g/mol. The van der Waals surface area contributed by atoms with Crippen LogP contribution in [0.1, 0.15) is 11.1 Å². The molecule has 18 heavy (non-hydrogen) atoms. The summed E-state index contributed by atoms with van der Waals surface area (Å²) in [6, 6.07) is 15.5. The number of benzene rings is 2. The molecule has 0 aromatic heterocycles. The first-order valence-electron chi connectivity index (χ1n) is 5.60. The molecule has 0 N–H and O–H groups in total. The van der Waals surface area contributed by atoms with Gasteiger partial charge in [0.15, 0.2) is 0 Å². The quantitative estimate of drug-likeness (QED) is 0.628. The van der Waals surface area contributed by atoms with E-state index in [4.69, 9.17) is 23.2 Å². The Balaban J connectivity index is 2.03. The van der Waals surface area contributed by atoms with E-state index in [1.54, 1.807) is 0 Å². The van der Waals surface area contributed by atoms with Gasteiger partial charge in [0.05, 0.1) is 0 Å². The lowest BCUT2D eigenvalue weighted by atomic mass is 10.2. The Hall–Kier alpha value is -1.50. The minimum Gasteiger partial charge on any atom is -0.0843 e. The molecule has 0 saturated carbocycles. The Kier molecular flexibility index (Phi) is 4.63. The van der Waals surface area contributed by atoms with Crippen molar-refractivity contribution in [3.05, 3.63) is 81.9 Å². The number of hydrogen-bond donors (Lipinski definition) is 0. The molecule has 0 heterocycles. The second-order valence-corrected chi connectivity index (χ2v) is 4.70. The van der Waals surface area contributed by atoms with Crippen LogP contribution in [0, 0.1) is 0 Å². The molecule has 0 nitrogen and oxygen atoms in total. The average molecular weight is 275 g/mol. The summed E-state index contributed by atoms with van der Waals surface area (Å²) in [6.07, 6.45) is 7.97. The minimum atomic E-state index is 0.746. The summed E-state index contributed by atoms with van der Waals surface area (Å²) in [5.74, 6) is 0. The van der Waals surface area contributed by atoms with Crippen LogP contribution in [0.25, 0.3) is 12.2 Å². The summed E-state index contributed by atoms with van der Waals surface area (Å²) in [5, 5.41) is 1.49. The van der Waals surface area contributed by atoms with Crippen molar-refractivity contribution in [2.75, 3.05) is 0 Å². The number of allylic oxidation sites excluding steroid dienone is 2. The number of hydrogen-bond acceptors (Lipinski definition) is 0. The fraction of sp³-hybridized carbons (Fsp3) is 0. The van der Waals surface area contributed by atoms with Crippen molar-refractivity contribution in [3.8, 4) is 0 Å². The SMILES string of the molecule is Clc1cccc(/C=C\C=C/c2cccc(Cl)c2)c1. The van der Waals surface area contributed by atoms with Crippen LogP contribution < -0.4 is 0 Å². The molecule has 0 bridgehead atoms. The Labute approximate surface area is 117 Å². The van der Waals surface area contributed by atoms with Gasteiger partial charge in [-0.1, -0.05) is 71.8 Å². The van der Waals surface area contributed by atoms with Gasteiger partial charge in [0, 0.05) is 10.0 Å². The van der Waals surface area contributed by atoms with E-state index in [-0.39, 0.29) is 0 Å². The molecule has 0 fully saturated rings. The fourth-order valence-corrected chi connectivity index (χ4v) is 1.95. The minimum absolute atomic E-state index is 0.746. The maximum atomic E-state index is 5.90. The third kappa shape index (κ3) is 4.06. The molecule has 2 heteroatoms. The van der Waals surface area contributed by atoms with Crippen LogP contribution in [0.4, 0.5) is 0 Å². The molecule has 0 aliphatic heterocycles. The molecule has 0 aliphatic rings. The molecule has 0 atom stereocenters. The molecule has 90 valence electrons. The molecule has 2 aromatic carbocycles. The first-order chi connectivity index (χ1) is 8.74. The fourth-order valence-electron chi connectivity index (χ4n) is 1.55. The van der Waals surface area contributed by atoms with Gasteiger partial charge in [0.1, 0.15) is 0 Å². The first kappa shape index (κ1) is 12.9. The first-order valence-corrected chi connectivity index (χ1v) is 6.35. The van der Waals surface area contributed by atoms with E-state index in [0.717, 1.165) is 21.2 Å². The van der Waals surface area contributed by atoms with Crippen LogP contribution in [-0.2, 0) is 0 Å². The third-order valence-electron chi connectivity index (χ3n) is 2.39. The molecule has 0 aliphatic carbocycles. The topological polar surface area (TPSA) is 0 Å². The highest BCUT2D eigenvalue weighted by Gasteiger charge is 1.88. The van der Waals surface area contributed by atoms with E-state index in [1.807, 2.05) is 72.8 Å². The van der Waals surface area contributed by atoms with Gasteiger partial charge in [-0.25, -0.2) is 0 Å². The average Bonchev–Trinajstić information content (AvgIpc) is 2.35. The lowest BCUT2D eigenvalue weighted by molar-refractivity contribution is 1.65. The Morgan fingerprint density at radius 1 is 0.667 bits per heavy atom. The maximum Gasteiger partial charge on any atom is 0.0411 e. The van der Waals surface area contributed by atoms with Crippen molar-refractivity contribution in [1.29, 1.82) is 0 Å². The summed E-state index contributed by atoms with van der Waals surface area (Å²) in [4.78, 5) is 0. The van der Waals surface area contributed by atoms with Gasteiger partial charge in [-0.3, -0.25) is 0 Å². The highest BCUT2D eigenvalue weighted by molar-refractivity contribution is 6.31. The Bertz CT molecular complexity index is 530. The van der Waals surface area contributed by atoms with Crippen LogP contribution in [0.3, 0.4) is 0 Å². The van der Waals surface area contributed by atoms with Gasteiger partial charge in [0.2, 0.25) is 0 Å². The highest BCUT2D eigenvalue weighted by atomic mass is 35.5. The molecule has 0 saturated heterocycles. The van der Waals surface area contributed by atoms with Gasteiger partial charge in [-0.05, 0) is 35.4 Å². The van der Waals surface area contributed by atoms with Gasteiger partial charge >= 0.3 is 0 Å². The van der Waals surface area contributed by atoms with Gasteiger partial charge in [0.25, 0.3) is 0 Å².